The Morgan fingerprint density at radius 2 is 1.86 bits per heavy atom. The van der Waals surface area contributed by atoms with Crippen LogP contribution in [0.1, 0.15) is 36.5 Å². The molecule has 5 heteroatoms. The van der Waals surface area contributed by atoms with Crippen LogP contribution in [0, 0.1) is 6.92 Å². The van der Waals surface area contributed by atoms with Gasteiger partial charge in [0.2, 0.25) is 0 Å². The van der Waals surface area contributed by atoms with Crippen LogP contribution in [0.4, 0.5) is 5.69 Å². The van der Waals surface area contributed by atoms with Gasteiger partial charge in [0.05, 0.1) is 13.2 Å². The second kappa shape index (κ2) is 10.4. The summed E-state index contributed by atoms with van der Waals surface area (Å²) in [4.78, 5) is 14.7. The Labute approximate surface area is 174 Å². The minimum Gasteiger partial charge on any atom is -0.483 e. The lowest BCUT2D eigenvalue weighted by atomic mass is 10.0. The average Bonchev–Trinajstić information content (AvgIpc) is 2.73. The van der Waals surface area contributed by atoms with E-state index in [1.165, 1.54) is 11.1 Å². The maximum Gasteiger partial charge on any atom is 0.262 e. The van der Waals surface area contributed by atoms with Gasteiger partial charge in [-0.25, -0.2) is 0 Å². The molecule has 0 atom stereocenters. The molecule has 1 fully saturated rings. The molecule has 5 nitrogen and oxygen atoms in total. The quantitative estimate of drug-likeness (QED) is 0.732. The summed E-state index contributed by atoms with van der Waals surface area (Å²) >= 11 is 0. The van der Waals surface area contributed by atoms with Crippen molar-refractivity contribution in [3.8, 4) is 5.75 Å². The van der Waals surface area contributed by atoms with Crippen LogP contribution in [0.3, 0.4) is 0 Å². The fourth-order valence-corrected chi connectivity index (χ4v) is 3.34. The maximum absolute atomic E-state index is 12.3. The van der Waals surface area contributed by atoms with Crippen molar-refractivity contribution in [3.63, 3.8) is 0 Å². The number of nitrogens with one attached hydrogen (secondary N) is 1. The molecule has 1 aliphatic heterocycles. The van der Waals surface area contributed by atoms with Crippen molar-refractivity contribution < 1.29 is 14.3 Å². The van der Waals surface area contributed by atoms with Crippen molar-refractivity contribution in [1.29, 1.82) is 0 Å². The Bertz CT molecular complexity index is 796. The first-order valence-electron chi connectivity index (χ1n) is 10.4. The molecule has 1 aliphatic rings. The van der Waals surface area contributed by atoms with Gasteiger partial charge in [0.1, 0.15) is 5.75 Å². The average molecular weight is 397 g/mol. The van der Waals surface area contributed by atoms with Crippen molar-refractivity contribution in [1.82, 2.24) is 4.90 Å². The smallest absolute Gasteiger partial charge is 0.262 e. The van der Waals surface area contributed by atoms with E-state index >= 15 is 0 Å². The predicted molar refractivity (Wildman–Crippen MR) is 117 cm³/mol. The molecule has 0 radical (unpaired) electrons. The zero-order valence-electron chi connectivity index (χ0n) is 17.7. The summed E-state index contributed by atoms with van der Waals surface area (Å²) in [6.07, 6.45) is 1.00. The monoisotopic (exact) mass is 396 g/mol. The number of benzene rings is 2. The number of carbonyl (C=O) groups excluding carboxylic acids is 1. The maximum atomic E-state index is 12.3. The summed E-state index contributed by atoms with van der Waals surface area (Å²) < 4.78 is 11.1. The van der Waals surface area contributed by atoms with E-state index in [1.54, 1.807) is 0 Å². The number of nitrogens with zero attached hydrogens (tertiary/aromatic N) is 1. The largest absolute Gasteiger partial charge is 0.483 e. The summed E-state index contributed by atoms with van der Waals surface area (Å²) in [6, 6.07) is 14.2. The molecule has 0 aliphatic carbocycles. The molecular formula is C24H32N2O3. The van der Waals surface area contributed by atoms with Crippen LogP contribution >= 0.6 is 0 Å². The Morgan fingerprint density at radius 1 is 1.14 bits per heavy atom. The van der Waals surface area contributed by atoms with Gasteiger partial charge in [-0.05, 0) is 54.2 Å². The van der Waals surface area contributed by atoms with Crippen molar-refractivity contribution in [2.75, 3.05) is 44.8 Å². The normalized spacial score (nSPS) is 14.8. The van der Waals surface area contributed by atoms with Crippen LogP contribution in [0.2, 0.25) is 0 Å². The Kier molecular flexibility index (Phi) is 7.67. The van der Waals surface area contributed by atoms with Gasteiger partial charge < -0.3 is 14.8 Å². The van der Waals surface area contributed by atoms with E-state index in [9.17, 15) is 4.79 Å². The van der Waals surface area contributed by atoms with Crippen LogP contribution in [-0.2, 0) is 16.0 Å². The number of hydrogen-bond donors (Lipinski definition) is 1. The fourth-order valence-electron chi connectivity index (χ4n) is 3.34. The second-order valence-corrected chi connectivity index (χ2v) is 7.92. The molecule has 156 valence electrons. The molecule has 2 aromatic rings. The lowest BCUT2D eigenvalue weighted by Gasteiger charge is -2.26. The van der Waals surface area contributed by atoms with Gasteiger partial charge in [-0.1, -0.05) is 38.1 Å². The first-order valence-corrected chi connectivity index (χ1v) is 10.4. The van der Waals surface area contributed by atoms with E-state index in [2.05, 4.69) is 42.3 Å². The van der Waals surface area contributed by atoms with E-state index in [0.29, 0.717) is 5.92 Å². The highest BCUT2D eigenvalue weighted by atomic mass is 16.5. The van der Waals surface area contributed by atoms with E-state index in [-0.39, 0.29) is 12.5 Å². The summed E-state index contributed by atoms with van der Waals surface area (Å²) in [5.74, 6) is 1.04. The summed E-state index contributed by atoms with van der Waals surface area (Å²) in [7, 11) is 0. The number of anilines is 1. The van der Waals surface area contributed by atoms with Crippen LogP contribution in [0.15, 0.2) is 42.5 Å². The minimum atomic E-state index is -0.152. The SMILES string of the molecule is Cc1ccc(C(C)C)cc1OCC(=O)Nc1ccc(CCN2CCOCC2)cc1. The molecule has 1 amide bonds. The van der Waals surface area contributed by atoms with Crippen LogP contribution in [0.25, 0.3) is 0 Å². The topological polar surface area (TPSA) is 50.8 Å². The highest BCUT2D eigenvalue weighted by Crippen LogP contribution is 2.24. The Balaban J connectivity index is 1.46. The zero-order chi connectivity index (χ0) is 20.6. The van der Waals surface area contributed by atoms with Gasteiger partial charge in [0.15, 0.2) is 6.61 Å². The minimum absolute atomic E-state index is 0.00116. The van der Waals surface area contributed by atoms with Gasteiger partial charge in [-0.2, -0.15) is 0 Å². The standard InChI is InChI=1S/C24H32N2O3/c1-18(2)21-7-4-19(3)23(16-21)29-17-24(27)25-22-8-5-20(6-9-22)10-11-26-12-14-28-15-13-26/h4-9,16,18H,10-15,17H2,1-3H3,(H,25,27). The third-order valence-electron chi connectivity index (χ3n) is 5.30. The molecule has 3 rings (SSSR count). The lowest BCUT2D eigenvalue weighted by Crippen LogP contribution is -2.37. The van der Waals surface area contributed by atoms with E-state index in [0.717, 1.165) is 56.3 Å². The van der Waals surface area contributed by atoms with Crippen LogP contribution in [0.5, 0.6) is 5.75 Å². The number of amides is 1. The Morgan fingerprint density at radius 3 is 2.55 bits per heavy atom. The van der Waals surface area contributed by atoms with E-state index in [4.69, 9.17) is 9.47 Å². The zero-order valence-corrected chi connectivity index (χ0v) is 17.7. The summed E-state index contributed by atoms with van der Waals surface area (Å²) in [5, 5.41) is 2.91. The van der Waals surface area contributed by atoms with Crippen molar-refractivity contribution in [3.05, 3.63) is 59.2 Å². The van der Waals surface area contributed by atoms with Gasteiger partial charge in [-0.15, -0.1) is 0 Å². The fraction of sp³-hybridized carbons (Fsp3) is 0.458. The van der Waals surface area contributed by atoms with Gasteiger partial charge in [-0.3, -0.25) is 9.69 Å². The number of ether oxygens (including phenoxy) is 2. The third kappa shape index (κ3) is 6.58. The molecule has 0 saturated carbocycles. The van der Waals surface area contributed by atoms with E-state index in [1.807, 2.05) is 31.2 Å². The molecule has 1 N–H and O–H groups in total. The second-order valence-electron chi connectivity index (χ2n) is 7.92. The first kappa shape index (κ1) is 21.3. The first-order chi connectivity index (χ1) is 14.0. The molecule has 0 spiro atoms. The molecule has 0 unspecified atom stereocenters. The van der Waals surface area contributed by atoms with Crippen molar-refractivity contribution >= 4 is 11.6 Å². The molecule has 0 bridgehead atoms. The number of carbonyl (C=O) groups is 1. The number of aryl methyl sites for hydroxylation is 1. The molecule has 2 aromatic carbocycles. The lowest BCUT2D eigenvalue weighted by molar-refractivity contribution is -0.118. The van der Waals surface area contributed by atoms with Crippen molar-refractivity contribution in [2.24, 2.45) is 0 Å². The van der Waals surface area contributed by atoms with Gasteiger partial charge in [0, 0.05) is 25.3 Å². The van der Waals surface area contributed by atoms with Crippen LogP contribution in [-0.4, -0.2) is 50.3 Å². The predicted octanol–water partition coefficient (Wildman–Crippen LogP) is 4.01. The van der Waals surface area contributed by atoms with Gasteiger partial charge in [0.25, 0.3) is 5.91 Å². The molecular weight excluding hydrogens is 364 g/mol. The molecule has 1 saturated heterocycles. The highest BCUT2D eigenvalue weighted by molar-refractivity contribution is 5.91. The number of hydrogen-bond acceptors (Lipinski definition) is 4. The Hall–Kier alpha value is -2.37. The molecule has 0 aromatic heterocycles. The van der Waals surface area contributed by atoms with Crippen molar-refractivity contribution in [2.45, 2.75) is 33.1 Å². The molecule has 1 heterocycles. The summed E-state index contributed by atoms with van der Waals surface area (Å²) in [6.45, 7) is 11.0. The molecule has 29 heavy (non-hydrogen) atoms. The summed E-state index contributed by atoms with van der Waals surface area (Å²) in [5.41, 5.74) is 4.30. The van der Waals surface area contributed by atoms with Crippen LogP contribution < -0.4 is 10.1 Å². The highest BCUT2D eigenvalue weighted by Gasteiger charge is 2.11. The number of rotatable bonds is 8. The van der Waals surface area contributed by atoms with Gasteiger partial charge >= 0.3 is 0 Å². The number of morpholine rings is 1. The van der Waals surface area contributed by atoms with E-state index < -0.39 is 0 Å². The third-order valence-corrected chi connectivity index (χ3v) is 5.30.